The average Bonchev–Trinajstić information content (AvgIpc) is 2.85. The van der Waals surface area contributed by atoms with Gasteiger partial charge in [-0.25, -0.2) is 4.39 Å². The van der Waals surface area contributed by atoms with E-state index in [0.717, 1.165) is 43.2 Å². The van der Waals surface area contributed by atoms with E-state index in [1.165, 1.54) is 5.56 Å². The highest BCUT2D eigenvalue weighted by Crippen LogP contribution is 2.41. The first-order valence-corrected chi connectivity index (χ1v) is 8.95. The van der Waals surface area contributed by atoms with Gasteiger partial charge in [-0.2, -0.15) is 0 Å². The zero-order valence-corrected chi connectivity index (χ0v) is 14.5. The molecular formula is C21H19F4NO. The molecule has 1 fully saturated rings. The van der Waals surface area contributed by atoms with Crippen molar-refractivity contribution in [1.29, 1.82) is 0 Å². The third kappa shape index (κ3) is 4.00. The fourth-order valence-corrected chi connectivity index (χ4v) is 4.11. The SMILES string of the molecule is Fc1ccc(OC(F)(F)F)cc1C1=CC2CCC(C1)N2Cc1ccccc1. The second-order valence-electron chi connectivity index (χ2n) is 7.04. The number of nitrogens with zero attached hydrogens (tertiary/aromatic N) is 1. The van der Waals surface area contributed by atoms with Gasteiger partial charge in [-0.05, 0) is 48.6 Å². The van der Waals surface area contributed by atoms with Gasteiger partial charge in [0.15, 0.2) is 0 Å². The van der Waals surface area contributed by atoms with E-state index in [-0.39, 0.29) is 23.4 Å². The third-order valence-electron chi connectivity index (χ3n) is 5.27. The van der Waals surface area contributed by atoms with Crippen LogP contribution in [0.2, 0.25) is 0 Å². The van der Waals surface area contributed by atoms with Gasteiger partial charge in [-0.1, -0.05) is 36.4 Å². The number of rotatable bonds is 4. The normalized spacial score (nSPS) is 22.6. The maximum absolute atomic E-state index is 14.3. The van der Waals surface area contributed by atoms with Crippen LogP contribution in [0, 0.1) is 5.82 Å². The molecule has 0 aromatic heterocycles. The third-order valence-corrected chi connectivity index (χ3v) is 5.27. The summed E-state index contributed by atoms with van der Waals surface area (Å²) in [5, 5.41) is 0. The largest absolute Gasteiger partial charge is 0.573 e. The predicted molar refractivity (Wildman–Crippen MR) is 94.5 cm³/mol. The molecule has 4 rings (SSSR count). The van der Waals surface area contributed by atoms with Crippen LogP contribution in [0.5, 0.6) is 5.75 Å². The van der Waals surface area contributed by atoms with Crippen LogP contribution >= 0.6 is 0 Å². The number of hydrogen-bond acceptors (Lipinski definition) is 2. The summed E-state index contributed by atoms with van der Waals surface area (Å²) in [5.41, 5.74) is 2.18. The van der Waals surface area contributed by atoms with Crippen molar-refractivity contribution in [2.24, 2.45) is 0 Å². The minimum atomic E-state index is -4.79. The van der Waals surface area contributed by atoms with Crippen LogP contribution in [0.1, 0.15) is 30.4 Å². The molecule has 2 bridgehead atoms. The van der Waals surface area contributed by atoms with Crippen molar-refractivity contribution >= 4 is 5.57 Å². The van der Waals surface area contributed by atoms with E-state index in [1.807, 2.05) is 24.3 Å². The number of alkyl halides is 3. The second kappa shape index (κ2) is 7.00. The average molecular weight is 377 g/mol. The molecule has 0 amide bonds. The van der Waals surface area contributed by atoms with Crippen molar-refractivity contribution < 1.29 is 22.3 Å². The molecule has 2 aliphatic heterocycles. The Morgan fingerprint density at radius 3 is 2.52 bits per heavy atom. The molecule has 0 N–H and O–H groups in total. The highest BCUT2D eigenvalue weighted by atomic mass is 19.4. The van der Waals surface area contributed by atoms with Gasteiger partial charge in [0.2, 0.25) is 0 Å². The van der Waals surface area contributed by atoms with Crippen LogP contribution < -0.4 is 4.74 Å². The fourth-order valence-electron chi connectivity index (χ4n) is 4.11. The molecule has 6 heteroatoms. The van der Waals surface area contributed by atoms with E-state index >= 15 is 0 Å². The molecule has 2 heterocycles. The van der Waals surface area contributed by atoms with Crippen molar-refractivity contribution in [1.82, 2.24) is 4.90 Å². The maximum atomic E-state index is 14.3. The van der Waals surface area contributed by atoms with Gasteiger partial charge in [-0.3, -0.25) is 4.90 Å². The lowest BCUT2D eigenvalue weighted by Crippen LogP contribution is -2.37. The topological polar surface area (TPSA) is 12.5 Å². The number of benzene rings is 2. The Morgan fingerprint density at radius 1 is 1.04 bits per heavy atom. The summed E-state index contributed by atoms with van der Waals surface area (Å²) in [4.78, 5) is 2.40. The van der Waals surface area contributed by atoms with E-state index in [9.17, 15) is 17.6 Å². The highest BCUT2D eigenvalue weighted by Gasteiger charge is 2.37. The predicted octanol–water partition coefficient (Wildman–Crippen LogP) is 5.54. The van der Waals surface area contributed by atoms with Gasteiger partial charge in [0, 0.05) is 24.2 Å². The minimum absolute atomic E-state index is 0.172. The summed E-state index contributed by atoms with van der Waals surface area (Å²) < 4.78 is 55.7. The Morgan fingerprint density at radius 2 is 1.81 bits per heavy atom. The van der Waals surface area contributed by atoms with Crippen LogP contribution in [-0.2, 0) is 6.54 Å². The molecule has 2 nitrogen and oxygen atoms in total. The van der Waals surface area contributed by atoms with Crippen LogP contribution in [0.15, 0.2) is 54.6 Å². The van der Waals surface area contributed by atoms with Gasteiger partial charge in [0.05, 0.1) is 0 Å². The van der Waals surface area contributed by atoms with Crippen molar-refractivity contribution in [3.05, 3.63) is 71.6 Å². The molecule has 0 radical (unpaired) electrons. The Bertz CT molecular complexity index is 847. The first-order chi connectivity index (χ1) is 12.9. The molecule has 0 aliphatic carbocycles. The van der Waals surface area contributed by atoms with E-state index < -0.39 is 12.2 Å². The zero-order chi connectivity index (χ0) is 19.0. The lowest BCUT2D eigenvalue weighted by molar-refractivity contribution is -0.274. The standard InChI is InChI=1S/C21H19F4NO/c22-20-9-8-18(27-21(23,24)25)12-19(20)15-10-16-6-7-17(11-15)26(16)13-14-4-2-1-3-5-14/h1-5,8-10,12,16-17H,6-7,11,13H2. The van der Waals surface area contributed by atoms with E-state index in [2.05, 4.69) is 21.8 Å². The molecule has 0 spiro atoms. The van der Waals surface area contributed by atoms with E-state index in [0.29, 0.717) is 6.42 Å². The molecule has 1 saturated heterocycles. The molecule has 2 atom stereocenters. The van der Waals surface area contributed by atoms with Gasteiger partial charge < -0.3 is 4.74 Å². The molecule has 142 valence electrons. The van der Waals surface area contributed by atoms with Crippen LogP contribution in [-0.4, -0.2) is 23.3 Å². The highest BCUT2D eigenvalue weighted by molar-refractivity contribution is 5.69. The quantitative estimate of drug-likeness (QED) is 0.648. The maximum Gasteiger partial charge on any atom is 0.573 e. The minimum Gasteiger partial charge on any atom is -0.406 e. The van der Waals surface area contributed by atoms with Crippen LogP contribution in [0.4, 0.5) is 17.6 Å². The molecule has 2 unspecified atom stereocenters. The first kappa shape index (κ1) is 18.0. The fraction of sp³-hybridized carbons (Fsp3) is 0.333. The van der Waals surface area contributed by atoms with Crippen molar-refractivity contribution in [2.45, 2.75) is 44.3 Å². The molecule has 0 saturated carbocycles. The molecule has 2 aromatic rings. The zero-order valence-electron chi connectivity index (χ0n) is 14.5. The van der Waals surface area contributed by atoms with Crippen molar-refractivity contribution in [3.8, 4) is 5.75 Å². The van der Waals surface area contributed by atoms with Crippen molar-refractivity contribution in [2.75, 3.05) is 0 Å². The summed E-state index contributed by atoms with van der Waals surface area (Å²) in [6.45, 7) is 0.819. The van der Waals surface area contributed by atoms with Crippen LogP contribution in [0.3, 0.4) is 0 Å². The summed E-state index contributed by atoms with van der Waals surface area (Å²) >= 11 is 0. The summed E-state index contributed by atoms with van der Waals surface area (Å²) in [5.74, 6) is -0.912. The number of hydrogen-bond donors (Lipinski definition) is 0. The van der Waals surface area contributed by atoms with Crippen molar-refractivity contribution in [3.63, 3.8) is 0 Å². The first-order valence-electron chi connectivity index (χ1n) is 8.95. The smallest absolute Gasteiger partial charge is 0.406 e. The lowest BCUT2D eigenvalue weighted by Gasteiger charge is -2.34. The molecular weight excluding hydrogens is 358 g/mol. The number of fused-ring (bicyclic) bond motifs is 2. The second-order valence-corrected chi connectivity index (χ2v) is 7.04. The Balaban J connectivity index is 1.58. The van der Waals surface area contributed by atoms with Gasteiger partial charge in [0.1, 0.15) is 11.6 Å². The molecule has 2 aromatic carbocycles. The monoisotopic (exact) mass is 377 g/mol. The summed E-state index contributed by atoms with van der Waals surface area (Å²) in [6, 6.07) is 13.8. The Labute approximate surface area is 155 Å². The molecule has 2 aliphatic rings. The van der Waals surface area contributed by atoms with Crippen LogP contribution in [0.25, 0.3) is 5.57 Å². The Kier molecular flexibility index (Phi) is 4.68. The number of ether oxygens (including phenoxy) is 1. The Hall–Kier alpha value is -2.34. The molecule has 27 heavy (non-hydrogen) atoms. The summed E-state index contributed by atoms with van der Waals surface area (Å²) in [7, 11) is 0. The summed E-state index contributed by atoms with van der Waals surface area (Å²) in [6.07, 6.45) is -0.196. The van der Waals surface area contributed by atoms with Gasteiger partial charge in [-0.15, -0.1) is 13.2 Å². The van der Waals surface area contributed by atoms with Gasteiger partial charge in [0.25, 0.3) is 0 Å². The van der Waals surface area contributed by atoms with Gasteiger partial charge >= 0.3 is 6.36 Å². The number of halogens is 4. The lowest BCUT2D eigenvalue weighted by atomic mass is 9.93. The van der Waals surface area contributed by atoms with E-state index in [1.54, 1.807) is 0 Å². The van der Waals surface area contributed by atoms with E-state index in [4.69, 9.17) is 0 Å².